The summed E-state index contributed by atoms with van der Waals surface area (Å²) in [5, 5.41) is 2.40. The Kier molecular flexibility index (Phi) is 6.43. The highest BCUT2D eigenvalue weighted by Gasteiger charge is 2.34. The quantitative estimate of drug-likeness (QED) is 0.625. The zero-order valence-corrected chi connectivity index (χ0v) is 16.1. The van der Waals surface area contributed by atoms with Crippen LogP contribution in [0, 0.1) is 5.92 Å². The molecule has 1 aromatic rings. The second-order valence-electron chi connectivity index (χ2n) is 7.35. The van der Waals surface area contributed by atoms with Crippen LogP contribution in [-0.2, 0) is 19.1 Å². The Morgan fingerprint density at radius 3 is 2.69 bits per heavy atom. The molecule has 1 aliphatic carbocycles. The fourth-order valence-corrected chi connectivity index (χ4v) is 3.36. The summed E-state index contributed by atoms with van der Waals surface area (Å²) in [6.45, 7) is 0.974. The molecule has 1 heterocycles. The lowest BCUT2D eigenvalue weighted by Gasteiger charge is -2.28. The predicted molar refractivity (Wildman–Crippen MR) is 102 cm³/mol. The Morgan fingerprint density at radius 2 is 2.10 bits per heavy atom. The van der Waals surface area contributed by atoms with Crippen LogP contribution >= 0.6 is 0 Å². The second kappa shape index (κ2) is 8.83. The first-order valence-corrected chi connectivity index (χ1v) is 9.38. The summed E-state index contributed by atoms with van der Waals surface area (Å²) >= 11 is 0. The number of carbonyl (C=O) groups excluding carboxylic acids is 3. The standard InChI is InChI=1S/C19H24F2N4O4/c1-24(9-11-2-3-11)16(18(22)27)19(28)23-14-5-4-12(8-13(14)17(20)21)25-6-7-29-10-15(25)26/h4-5,8,11,16-17H,2-3,6-7,9-10H2,1H3,(H2,22,27)(H,23,28)/t16-/m1/s1. The molecule has 1 saturated carbocycles. The molecule has 1 atom stereocenters. The van der Waals surface area contributed by atoms with E-state index < -0.39 is 29.8 Å². The third-order valence-electron chi connectivity index (χ3n) is 5.03. The SMILES string of the molecule is CN(CC1CC1)[C@H](C(N)=O)C(=O)Nc1ccc(N2CCOCC2=O)cc1C(F)F. The number of halogens is 2. The first-order chi connectivity index (χ1) is 13.8. The second-order valence-corrected chi connectivity index (χ2v) is 7.35. The highest BCUT2D eigenvalue weighted by Crippen LogP contribution is 2.33. The summed E-state index contributed by atoms with van der Waals surface area (Å²) in [6, 6.07) is 2.67. The van der Waals surface area contributed by atoms with Gasteiger partial charge in [0.1, 0.15) is 6.61 Å². The van der Waals surface area contributed by atoms with Gasteiger partial charge < -0.3 is 20.7 Å². The van der Waals surface area contributed by atoms with E-state index in [0.29, 0.717) is 24.8 Å². The van der Waals surface area contributed by atoms with Crippen molar-refractivity contribution >= 4 is 29.1 Å². The van der Waals surface area contributed by atoms with Crippen molar-refractivity contribution in [3.63, 3.8) is 0 Å². The molecule has 3 rings (SSSR count). The molecule has 2 fully saturated rings. The van der Waals surface area contributed by atoms with Crippen molar-refractivity contribution < 1.29 is 27.9 Å². The molecule has 2 aliphatic rings. The summed E-state index contributed by atoms with van der Waals surface area (Å²) in [5.74, 6) is -1.53. The normalized spacial score (nSPS) is 18.2. The van der Waals surface area contributed by atoms with Gasteiger partial charge in [-0.2, -0.15) is 0 Å². The Morgan fingerprint density at radius 1 is 1.38 bits per heavy atom. The van der Waals surface area contributed by atoms with Crippen molar-refractivity contribution in [2.45, 2.75) is 25.3 Å². The number of carbonyl (C=O) groups is 3. The van der Waals surface area contributed by atoms with Crippen LogP contribution in [0.1, 0.15) is 24.8 Å². The number of primary amides is 1. The van der Waals surface area contributed by atoms with Crippen LogP contribution in [0.5, 0.6) is 0 Å². The van der Waals surface area contributed by atoms with Crippen molar-refractivity contribution in [1.82, 2.24) is 4.90 Å². The number of alkyl halides is 2. The fourth-order valence-electron chi connectivity index (χ4n) is 3.36. The van der Waals surface area contributed by atoms with Crippen LogP contribution in [0.4, 0.5) is 20.2 Å². The maximum Gasteiger partial charge on any atom is 0.265 e. The van der Waals surface area contributed by atoms with E-state index in [1.807, 2.05) is 0 Å². The van der Waals surface area contributed by atoms with Crippen molar-refractivity contribution in [2.24, 2.45) is 11.7 Å². The van der Waals surface area contributed by atoms with E-state index in [0.717, 1.165) is 18.9 Å². The minimum atomic E-state index is -2.89. The number of rotatable bonds is 8. The largest absolute Gasteiger partial charge is 0.370 e. The number of nitrogens with zero attached hydrogens (tertiary/aromatic N) is 2. The maximum atomic E-state index is 13.6. The lowest BCUT2D eigenvalue weighted by molar-refractivity contribution is -0.132. The maximum absolute atomic E-state index is 13.6. The first-order valence-electron chi connectivity index (χ1n) is 9.38. The van der Waals surface area contributed by atoms with E-state index in [-0.39, 0.29) is 24.7 Å². The molecular weight excluding hydrogens is 386 g/mol. The number of nitrogens with two attached hydrogens (primary N) is 1. The molecule has 0 aromatic heterocycles. The number of likely N-dealkylation sites (N-methyl/N-ethyl adjacent to an activating group) is 1. The highest BCUT2D eigenvalue weighted by molar-refractivity contribution is 6.10. The van der Waals surface area contributed by atoms with Gasteiger partial charge in [0.05, 0.1) is 6.61 Å². The summed E-state index contributed by atoms with van der Waals surface area (Å²) < 4.78 is 32.3. The highest BCUT2D eigenvalue weighted by atomic mass is 19.3. The van der Waals surface area contributed by atoms with Crippen molar-refractivity contribution in [3.8, 4) is 0 Å². The molecule has 0 spiro atoms. The fraction of sp³-hybridized carbons (Fsp3) is 0.526. The molecule has 1 aromatic carbocycles. The van der Waals surface area contributed by atoms with Crippen LogP contribution in [0.3, 0.4) is 0 Å². The van der Waals surface area contributed by atoms with Gasteiger partial charge in [-0.15, -0.1) is 0 Å². The van der Waals surface area contributed by atoms with Crippen LogP contribution in [-0.4, -0.2) is 62.0 Å². The lowest BCUT2D eigenvalue weighted by Crippen LogP contribution is -2.51. The first kappa shape index (κ1) is 21.1. The number of hydrogen-bond donors (Lipinski definition) is 2. The molecule has 10 heteroatoms. The van der Waals surface area contributed by atoms with Crippen LogP contribution < -0.4 is 16.0 Å². The number of benzene rings is 1. The minimum Gasteiger partial charge on any atom is -0.370 e. The average molecular weight is 410 g/mol. The monoisotopic (exact) mass is 410 g/mol. The summed E-state index contributed by atoms with van der Waals surface area (Å²) in [5.41, 5.74) is 5.11. The molecule has 3 amide bonds. The van der Waals surface area contributed by atoms with Gasteiger partial charge in [0, 0.05) is 30.0 Å². The van der Waals surface area contributed by atoms with Gasteiger partial charge in [-0.25, -0.2) is 8.78 Å². The molecule has 1 aliphatic heterocycles. The van der Waals surface area contributed by atoms with Crippen LogP contribution in [0.2, 0.25) is 0 Å². The Hall–Kier alpha value is -2.59. The Bertz CT molecular complexity index is 800. The van der Waals surface area contributed by atoms with Crippen molar-refractivity contribution in [2.75, 3.05) is 43.6 Å². The van der Waals surface area contributed by atoms with Crippen molar-refractivity contribution in [1.29, 1.82) is 0 Å². The molecular formula is C19H24F2N4O4. The van der Waals surface area contributed by atoms with Crippen LogP contribution in [0.15, 0.2) is 18.2 Å². The predicted octanol–water partition coefficient (Wildman–Crippen LogP) is 1.12. The average Bonchev–Trinajstić information content (AvgIpc) is 3.46. The molecule has 0 unspecified atom stereocenters. The smallest absolute Gasteiger partial charge is 0.265 e. The Balaban J connectivity index is 1.80. The number of hydrogen-bond acceptors (Lipinski definition) is 5. The van der Waals surface area contributed by atoms with Gasteiger partial charge in [0.15, 0.2) is 6.04 Å². The molecule has 29 heavy (non-hydrogen) atoms. The van der Waals surface area contributed by atoms with Gasteiger partial charge in [-0.05, 0) is 44.0 Å². The zero-order chi connectivity index (χ0) is 21.1. The van der Waals surface area contributed by atoms with E-state index in [1.165, 1.54) is 21.9 Å². The summed E-state index contributed by atoms with van der Waals surface area (Å²) in [4.78, 5) is 39.3. The zero-order valence-electron chi connectivity index (χ0n) is 16.1. The third kappa shape index (κ3) is 5.07. The number of nitrogens with one attached hydrogen (secondary N) is 1. The van der Waals surface area contributed by atoms with Gasteiger partial charge in [0.2, 0.25) is 5.91 Å². The van der Waals surface area contributed by atoms with Crippen molar-refractivity contribution in [3.05, 3.63) is 23.8 Å². The van der Waals surface area contributed by atoms with Gasteiger partial charge in [-0.3, -0.25) is 19.3 Å². The molecule has 3 N–H and O–H groups in total. The molecule has 158 valence electrons. The lowest BCUT2D eigenvalue weighted by atomic mass is 10.1. The molecule has 1 saturated heterocycles. The minimum absolute atomic E-state index is 0.115. The number of morpholine rings is 1. The Labute approximate surface area is 167 Å². The van der Waals surface area contributed by atoms with Gasteiger partial charge in [0.25, 0.3) is 18.2 Å². The van der Waals surface area contributed by atoms with E-state index in [4.69, 9.17) is 10.5 Å². The van der Waals surface area contributed by atoms with E-state index >= 15 is 0 Å². The number of anilines is 2. The van der Waals surface area contributed by atoms with Crippen LogP contribution in [0.25, 0.3) is 0 Å². The number of ether oxygens (including phenoxy) is 1. The van der Waals surface area contributed by atoms with E-state index in [1.54, 1.807) is 7.05 Å². The third-order valence-corrected chi connectivity index (χ3v) is 5.03. The topological polar surface area (TPSA) is 105 Å². The van der Waals surface area contributed by atoms with Gasteiger partial charge in [-0.1, -0.05) is 0 Å². The number of amides is 3. The molecule has 0 bridgehead atoms. The van der Waals surface area contributed by atoms with E-state index in [9.17, 15) is 23.2 Å². The summed E-state index contributed by atoms with van der Waals surface area (Å²) in [6.07, 6.45) is -0.846. The van der Waals surface area contributed by atoms with E-state index in [2.05, 4.69) is 5.32 Å². The molecule has 0 radical (unpaired) electrons. The molecule has 8 nitrogen and oxygen atoms in total. The van der Waals surface area contributed by atoms with Gasteiger partial charge >= 0.3 is 0 Å². The summed E-state index contributed by atoms with van der Waals surface area (Å²) in [7, 11) is 1.61.